The van der Waals surface area contributed by atoms with Crippen LogP contribution < -0.4 is 27.4 Å². The maximum atomic E-state index is 12.7. The minimum absolute atomic E-state index is 0.104. The smallest absolute Gasteiger partial charge is 0.243 e. The molecule has 4 amide bonds. The maximum Gasteiger partial charge on any atom is 0.243 e. The summed E-state index contributed by atoms with van der Waals surface area (Å²) in [5, 5.41) is 16.9. The fourth-order valence-corrected chi connectivity index (χ4v) is 3.02. The molecule has 8 N–H and O–H groups in total. The Morgan fingerprint density at radius 2 is 1.45 bits per heavy atom. The van der Waals surface area contributed by atoms with E-state index < -0.39 is 41.8 Å². The minimum Gasteiger partial charge on any atom is -0.508 e. The summed E-state index contributed by atoms with van der Waals surface area (Å²) >= 11 is 0. The van der Waals surface area contributed by atoms with Gasteiger partial charge in [-0.3, -0.25) is 19.2 Å². The van der Waals surface area contributed by atoms with Crippen LogP contribution in [0.1, 0.15) is 18.1 Å². The third kappa shape index (κ3) is 8.62. The molecule has 33 heavy (non-hydrogen) atoms. The normalized spacial score (nSPS) is 13.3. The van der Waals surface area contributed by atoms with E-state index in [9.17, 15) is 24.3 Å². The van der Waals surface area contributed by atoms with Gasteiger partial charge in [0.1, 0.15) is 17.8 Å². The number of rotatable bonds is 11. The van der Waals surface area contributed by atoms with Crippen molar-refractivity contribution >= 4 is 23.6 Å². The molecular weight excluding hydrogens is 426 g/mol. The zero-order valence-corrected chi connectivity index (χ0v) is 18.3. The number of carbonyl (C=O) groups excluding carboxylic acids is 4. The third-order valence-electron chi connectivity index (χ3n) is 4.83. The molecule has 0 unspecified atom stereocenters. The lowest BCUT2D eigenvalue weighted by molar-refractivity contribution is -0.132. The third-order valence-corrected chi connectivity index (χ3v) is 4.83. The van der Waals surface area contributed by atoms with Crippen LogP contribution in [0.25, 0.3) is 0 Å². The van der Waals surface area contributed by atoms with Gasteiger partial charge in [-0.15, -0.1) is 0 Å². The van der Waals surface area contributed by atoms with E-state index in [-0.39, 0.29) is 25.1 Å². The van der Waals surface area contributed by atoms with Gasteiger partial charge in [0.05, 0.1) is 12.6 Å². The van der Waals surface area contributed by atoms with Crippen LogP contribution in [0.2, 0.25) is 0 Å². The van der Waals surface area contributed by atoms with Gasteiger partial charge in [-0.2, -0.15) is 0 Å². The summed E-state index contributed by atoms with van der Waals surface area (Å²) in [4.78, 5) is 48.6. The van der Waals surface area contributed by atoms with E-state index in [1.165, 1.54) is 19.1 Å². The van der Waals surface area contributed by atoms with Gasteiger partial charge in [0.25, 0.3) is 0 Å². The molecule has 0 spiro atoms. The molecule has 10 heteroatoms. The molecule has 0 aliphatic heterocycles. The highest BCUT2D eigenvalue weighted by atomic mass is 16.3. The second kappa shape index (κ2) is 12.2. The zero-order chi connectivity index (χ0) is 24.4. The lowest BCUT2D eigenvalue weighted by atomic mass is 10.0. The number of primary amides is 1. The van der Waals surface area contributed by atoms with Gasteiger partial charge in [0.2, 0.25) is 23.6 Å². The summed E-state index contributed by atoms with van der Waals surface area (Å²) in [5.41, 5.74) is 12.6. The van der Waals surface area contributed by atoms with Gasteiger partial charge in [-0.05, 0) is 36.6 Å². The van der Waals surface area contributed by atoms with Crippen LogP contribution in [0.5, 0.6) is 5.75 Å². The number of carbonyl (C=O) groups is 4. The molecular formula is C23H29N5O5. The Morgan fingerprint density at radius 1 is 0.848 bits per heavy atom. The van der Waals surface area contributed by atoms with Gasteiger partial charge in [-0.1, -0.05) is 42.5 Å². The van der Waals surface area contributed by atoms with Gasteiger partial charge >= 0.3 is 0 Å². The number of nitrogens with two attached hydrogens (primary N) is 2. The summed E-state index contributed by atoms with van der Waals surface area (Å²) in [5.74, 6) is -2.31. The van der Waals surface area contributed by atoms with Crippen LogP contribution in [0.3, 0.4) is 0 Å². The summed E-state index contributed by atoms with van der Waals surface area (Å²) in [6, 6.07) is 12.4. The monoisotopic (exact) mass is 455 g/mol. The van der Waals surface area contributed by atoms with E-state index in [2.05, 4.69) is 16.0 Å². The summed E-state index contributed by atoms with van der Waals surface area (Å²) in [7, 11) is 0. The number of benzene rings is 2. The zero-order valence-electron chi connectivity index (χ0n) is 18.3. The van der Waals surface area contributed by atoms with Crippen LogP contribution in [0.4, 0.5) is 0 Å². The Balaban J connectivity index is 1.97. The molecule has 2 aromatic carbocycles. The highest BCUT2D eigenvalue weighted by Gasteiger charge is 2.26. The number of amides is 4. The van der Waals surface area contributed by atoms with Crippen molar-refractivity contribution in [2.24, 2.45) is 11.5 Å². The quantitative estimate of drug-likeness (QED) is 0.256. The minimum atomic E-state index is -0.982. The highest BCUT2D eigenvalue weighted by Crippen LogP contribution is 2.11. The molecule has 2 aromatic rings. The van der Waals surface area contributed by atoms with Crippen molar-refractivity contribution in [2.75, 3.05) is 6.54 Å². The molecule has 0 radical (unpaired) electrons. The second-order valence-electron chi connectivity index (χ2n) is 7.64. The molecule has 0 saturated carbocycles. The lowest BCUT2D eigenvalue weighted by Crippen LogP contribution is -2.56. The molecule has 3 atom stereocenters. The number of hydrogen-bond acceptors (Lipinski definition) is 6. The first-order valence-electron chi connectivity index (χ1n) is 10.4. The van der Waals surface area contributed by atoms with Crippen LogP contribution in [-0.4, -0.2) is 53.4 Å². The Hall–Kier alpha value is -3.92. The number of aromatic hydroxyl groups is 1. The number of hydrogen-bond donors (Lipinski definition) is 6. The Kier molecular flexibility index (Phi) is 9.37. The van der Waals surface area contributed by atoms with Crippen molar-refractivity contribution in [3.63, 3.8) is 0 Å². The van der Waals surface area contributed by atoms with E-state index in [4.69, 9.17) is 11.5 Å². The van der Waals surface area contributed by atoms with E-state index in [0.29, 0.717) is 0 Å². The van der Waals surface area contributed by atoms with Gasteiger partial charge in [0, 0.05) is 6.42 Å². The molecule has 0 saturated heterocycles. The van der Waals surface area contributed by atoms with E-state index in [1.54, 1.807) is 36.4 Å². The molecule has 2 rings (SSSR count). The molecule has 0 heterocycles. The molecule has 0 fully saturated rings. The van der Waals surface area contributed by atoms with Crippen molar-refractivity contribution in [3.05, 3.63) is 65.7 Å². The van der Waals surface area contributed by atoms with E-state index in [0.717, 1.165) is 11.1 Å². The highest BCUT2D eigenvalue weighted by molar-refractivity contribution is 5.93. The predicted octanol–water partition coefficient (Wildman–Crippen LogP) is -0.904. The number of phenolic OH excluding ortho intramolecular Hbond substituents is 1. The average molecular weight is 456 g/mol. The van der Waals surface area contributed by atoms with Crippen molar-refractivity contribution in [1.82, 2.24) is 16.0 Å². The van der Waals surface area contributed by atoms with Crippen molar-refractivity contribution < 1.29 is 24.3 Å². The fourth-order valence-electron chi connectivity index (χ4n) is 3.02. The summed E-state index contributed by atoms with van der Waals surface area (Å²) < 4.78 is 0. The first-order chi connectivity index (χ1) is 15.7. The summed E-state index contributed by atoms with van der Waals surface area (Å²) in [6.07, 6.45) is 0.394. The fraction of sp³-hybridized carbons (Fsp3) is 0.304. The van der Waals surface area contributed by atoms with Crippen molar-refractivity contribution in [1.29, 1.82) is 0 Å². The number of nitrogens with one attached hydrogen (secondary N) is 3. The first-order valence-corrected chi connectivity index (χ1v) is 10.4. The molecule has 0 aliphatic carbocycles. The maximum absolute atomic E-state index is 12.7. The molecule has 0 aliphatic rings. The standard InChI is InChI=1S/C23H29N5O5/c1-14(27-22(32)18(24)11-16-7-9-17(29)10-8-16)21(31)28-19(23(33)26-13-20(25)30)12-15-5-3-2-4-6-15/h2-10,14,18-19,29H,11-13,24H2,1H3,(H2,25,30)(H,26,33)(H,27,32)(H,28,31)/t14-,18+,19+/m1/s1. The molecule has 10 nitrogen and oxygen atoms in total. The predicted molar refractivity (Wildman–Crippen MR) is 122 cm³/mol. The lowest BCUT2D eigenvalue weighted by Gasteiger charge is -2.22. The van der Waals surface area contributed by atoms with Gasteiger partial charge in [-0.25, -0.2) is 0 Å². The Morgan fingerprint density at radius 3 is 2.06 bits per heavy atom. The van der Waals surface area contributed by atoms with E-state index in [1.807, 2.05) is 6.07 Å². The van der Waals surface area contributed by atoms with Crippen LogP contribution in [-0.2, 0) is 32.0 Å². The average Bonchev–Trinajstić information content (AvgIpc) is 2.78. The molecule has 0 bridgehead atoms. The van der Waals surface area contributed by atoms with Crippen molar-refractivity contribution in [3.8, 4) is 5.75 Å². The Labute approximate surface area is 191 Å². The molecule has 0 aromatic heterocycles. The van der Waals surface area contributed by atoms with Crippen LogP contribution in [0, 0.1) is 0 Å². The van der Waals surface area contributed by atoms with Crippen molar-refractivity contribution in [2.45, 2.75) is 37.9 Å². The van der Waals surface area contributed by atoms with Gasteiger partial charge < -0.3 is 32.5 Å². The van der Waals surface area contributed by atoms with Crippen LogP contribution in [0.15, 0.2) is 54.6 Å². The van der Waals surface area contributed by atoms with E-state index >= 15 is 0 Å². The SMILES string of the molecule is C[C@@H](NC(=O)[C@@H](N)Cc1ccc(O)cc1)C(=O)N[C@@H](Cc1ccccc1)C(=O)NCC(N)=O. The second-order valence-corrected chi connectivity index (χ2v) is 7.64. The summed E-state index contributed by atoms with van der Waals surface area (Å²) in [6.45, 7) is 1.11. The van der Waals surface area contributed by atoms with Crippen LogP contribution >= 0.6 is 0 Å². The largest absolute Gasteiger partial charge is 0.508 e. The van der Waals surface area contributed by atoms with Gasteiger partial charge in [0.15, 0.2) is 0 Å². The Bertz CT molecular complexity index is 965. The molecule has 176 valence electrons. The topological polar surface area (TPSA) is 177 Å². The first kappa shape index (κ1) is 25.3. The number of phenols is 1.